The summed E-state index contributed by atoms with van der Waals surface area (Å²) in [6.07, 6.45) is 3.38. The average Bonchev–Trinajstić information content (AvgIpc) is 3.26. The molecule has 0 fully saturated rings. The fourth-order valence-electron chi connectivity index (χ4n) is 3.01. The van der Waals surface area contributed by atoms with Crippen molar-refractivity contribution in [1.82, 2.24) is 25.4 Å². The van der Waals surface area contributed by atoms with Crippen LogP contribution in [-0.4, -0.2) is 38.9 Å². The van der Waals surface area contributed by atoms with Crippen molar-refractivity contribution in [3.05, 3.63) is 83.9 Å². The second kappa shape index (κ2) is 13.0. The fraction of sp³-hybridized carbons (Fsp3) is 0.318. The van der Waals surface area contributed by atoms with E-state index < -0.39 is 6.10 Å². The van der Waals surface area contributed by atoms with Gasteiger partial charge < -0.3 is 15.7 Å². The molecule has 1 atom stereocenters. The number of nitrogens with zero attached hydrogens (tertiary/aromatic N) is 4. The summed E-state index contributed by atoms with van der Waals surface area (Å²) in [5.74, 6) is 0.745. The largest absolute Gasteiger partial charge is 0.388 e. The Morgan fingerprint density at radius 3 is 2.63 bits per heavy atom. The summed E-state index contributed by atoms with van der Waals surface area (Å²) < 4.78 is 1.80. The van der Waals surface area contributed by atoms with E-state index >= 15 is 0 Å². The maximum absolute atomic E-state index is 10.3. The Balaban J connectivity index is 0.00000320. The van der Waals surface area contributed by atoms with Crippen LogP contribution in [0.2, 0.25) is 0 Å². The SMILES string of the molecule is CCNC(=NCc1cccc(Cn2cncn2)c1)NCCC(O)c1ccccc1.I. The minimum Gasteiger partial charge on any atom is -0.388 e. The first-order valence-electron chi connectivity index (χ1n) is 9.90. The molecule has 0 aliphatic rings. The quantitative estimate of drug-likeness (QED) is 0.229. The summed E-state index contributed by atoms with van der Waals surface area (Å²) in [7, 11) is 0. The average molecular weight is 520 g/mol. The van der Waals surface area contributed by atoms with Crippen LogP contribution in [0.3, 0.4) is 0 Å². The Morgan fingerprint density at radius 1 is 1.10 bits per heavy atom. The van der Waals surface area contributed by atoms with Crippen molar-refractivity contribution in [2.24, 2.45) is 4.99 Å². The number of aliphatic imine (C=N–C) groups is 1. The number of aliphatic hydroxyl groups excluding tert-OH is 1. The van der Waals surface area contributed by atoms with Crippen molar-refractivity contribution in [3.8, 4) is 0 Å². The topological polar surface area (TPSA) is 87.4 Å². The summed E-state index contributed by atoms with van der Waals surface area (Å²) in [6.45, 7) is 4.71. The van der Waals surface area contributed by atoms with E-state index in [0.29, 0.717) is 26.1 Å². The summed E-state index contributed by atoms with van der Waals surface area (Å²) >= 11 is 0. The van der Waals surface area contributed by atoms with Gasteiger partial charge in [-0.25, -0.2) is 14.7 Å². The molecule has 0 radical (unpaired) electrons. The van der Waals surface area contributed by atoms with E-state index in [2.05, 4.69) is 43.9 Å². The molecule has 0 bridgehead atoms. The smallest absolute Gasteiger partial charge is 0.191 e. The number of aliphatic hydroxyl groups is 1. The zero-order chi connectivity index (χ0) is 20.3. The number of aromatic nitrogens is 3. The summed E-state index contributed by atoms with van der Waals surface area (Å²) in [5.41, 5.74) is 3.22. The van der Waals surface area contributed by atoms with Crippen LogP contribution in [0.1, 0.15) is 36.1 Å². The molecule has 0 saturated heterocycles. The second-order valence-corrected chi connectivity index (χ2v) is 6.75. The van der Waals surface area contributed by atoms with Gasteiger partial charge in [0.15, 0.2) is 5.96 Å². The third-order valence-corrected chi connectivity index (χ3v) is 4.46. The molecule has 0 spiro atoms. The van der Waals surface area contributed by atoms with Crippen LogP contribution in [0.25, 0.3) is 0 Å². The van der Waals surface area contributed by atoms with E-state index in [1.807, 2.05) is 43.3 Å². The second-order valence-electron chi connectivity index (χ2n) is 6.75. The molecular formula is C22H29IN6O. The maximum Gasteiger partial charge on any atom is 0.191 e. The Kier molecular flexibility index (Phi) is 10.3. The highest BCUT2D eigenvalue weighted by Crippen LogP contribution is 2.14. The zero-order valence-corrected chi connectivity index (χ0v) is 19.4. The number of guanidine groups is 1. The third-order valence-electron chi connectivity index (χ3n) is 4.46. The fourth-order valence-corrected chi connectivity index (χ4v) is 3.01. The highest BCUT2D eigenvalue weighted by molar-refractivity contribution is 14.0. The Hall–Kier alpha value is -2.46. The van der Waals surface area contributed by atoms with Gasteiger partial charge in [0.1, 0.15) is 12.7 Å². The van der Waals surface area contributed by atoms with Gasteiger partial charge >= 0.3 is 0 Å². The van der Waals surface area contributed by atoms with Gasteiger partial charge in [-0.3, -0.25) is 0 Å². The van der Waals surface area contributed by atoms with Crippen molar-refractivity contribution >= 4 is 29.9 Å². The molecule has 3 N–H and O–H groups in total. The molecule has 0 aliphatic carbocycles. The number of hydrogen-bond acceptors (Lipinski definition) is 4. The molecule has 7 nitrogen and oxygen atoms in total. The molecule has 1 heterocycles. The van der Waals surface area contributed by atoms with Crippen molar-refractivity contribution in [2.45, 2.75) is 32.5 Å². The van der Waals surface area contributed by atoms with Crippen LogP contribution in [0.5, 0.6) is 0 Å². The van der Waals surface area contributed by atoms with Crippen molar-refractivity contribution in [3.63, 3.8) is 0 Å². The molecule has 3 rings (SSSR count). The van der Waals surface area contributed by atoms with Crippen molar-refractivity contribution in [1.29, 1.82) is 0 Å². The highest BCUT2D eigenvalue weighted by atomic mass is 127. The van der Waals surface area contributed by atoms with Gasteiger partial charge in [0.25, 0.3) is 0 Å². The molecule has 0 saturated carbocycles. The predicted octanol–water partition coefficient (Wildman–Crippen LogP) is 3.12. The number of hydrogen-bond donors (Lipinski definition) is 3. The van der Waals surface area contributed by atoms with Gasteiger partial charge in [-0.2, -0.15) is 5.10 Å². The first kappa shape index (κ1) is 23.8. The van der Waals surface area contributed by atoms with Crippen LogP contribution in [0, 0.1) is 0 Å². The first-order chi connectivity index (χ1) is 14.2. The van der Waals surface area contributed by atoms with Crippen molar-refractivity contribution < 1.29 is 5.11 Å². The molecule has 0 amide bonds. The van der Waals surface area contributed by atoms with Gasteiger partial charge in [-0.15, -0.1) is 24.0 Å². The highest BCUT2D eigenvalue weighted by Gasteiger charge is 2.07. The van der Waals surface area contributed by atoms with Gasteiger partial charge in [-0.1, -0.05) is 54.6 Å². The van der Waals surface area contributed by atoms with E-state index in [-0.39, 0.29) is 24.0 Å². The molecular weight excluding hydrogens is 491 g/mol. The van der Waals surface area contributed by atoms with E-state index in [0.717, 1.165) is 29.2 Å². The summed E-state index contributed by atoms with van der Waals surface area (Å²) in [5, 5.41) is 21.0. The van der Waals surface area contributed by atoms with Gasteiger partial charge in [0.05, 0.1) is 19.2 Å². The number of halogens is 1. The molecule has 3 aromatic rings. The number of nitrogens with one attached hydrogen (secondary N) is 2. The lowest BCUT2D eigenvalue weighted by atomic mass is 10.1. The van der Waals surface area contributed by atoms with Crippen LogP contribution in [-0.2, 0) is 13.1 Å². The normalized spacial score (nSPS) is 12.1. The molecule has 8 heteroatoms. The lowest BCUT2D eigenvalue weighted by molar-refractivity contribution is 0.168. The van der Waals surface area contributed by atoms with E-state index in [1.165, 1.54) is 6.33 Å². The third kappa shape index (κ3) is 7.75. The molecule has 1 aromatic heterocycles. The van der Waals surface area contributed by atoms with E-state index in [9.17, 15) is 5.11 Å². The van der Waals surface area contributed by atoms with Crippen LogP contribution < -0.4 is 10.6 Å². The lowest BCUT2D eigenvalue weighted by Gasteiger charge is -2.14. The van der Waals surface area contributed by atoms with Crippen molar-refractivity contribution in [2.75, 3.05) is 13.1 Å². The molecule has 2 aromatic carbocycles. The first-order valence-corrected chi connectivity index (χ1v) is 9.90. The standard InChI is InChI=1S/C22H28N6O.HI/c1-2-24-22(25-12-11-21(29)20-9-4-3-5-10-20)26-14-18-7-6-8-19(13-18)15-28-17-23-16-27-28;/h3-10,13,16-17,21,29H,2,11-12,14-15H2,1H3,(H2,24,25,26);1H. The zero-order valence-electron chi connectivity index (χ0n) is 17.1. The van der Waals surface area contributed by atoms with E-state index in [4.69, 9.17) is 0 Å². The lowest BCUT2D eigenvalue weighted by Crippen LogP contribution is -2.38. The van der Waals surface area contributed by atoms with Gasteiger partial charge in [0, 0.05) is 13.1 Å². The molecule has 160 valence electrons. The number of benzene rings is 2. The Labute approximate surface area is 194 Å². The van der Waals surface area contributed by atoms with Crippen LogP contribution in [0.4, 0.5) is 0 Å². The maximum atomic E-state index is 10.3. The molecule has 1 unspecified atom stereocenters. The van der Waals surface area contributed by atoms with Crippen LogP contribution >= 0.6 is 24.0 Å². The summed E-state index contributed by atoms with van der Waals surface area (Å²) in [4.78, 5) is 8.65. The monoisotopic (exact) mass is 520 g/mol. The predicted molar refractivity (Wildman–Crippen MR) is 130 cm³/mol. The Morgan fingerprint density at radius 2 is 1.90 bits per heavy atom. The van der Waals surface area contributed by atoms with Crippen LogP contribution in [0.15, 0.2) is 72.2 Å². The summed E-state index contributed by atoms with van der Waals surface area (Å²) in [6, 6.07) is 18.0. The molecule has 30 heavy (non-hydrogen) atoms. The minimum absolute atomic E-state index is 0. The minimum atomic E-state index is -0.486. The number of rotatable bonds is 9. The Bertz CT molecular complexity index is 886. The van der Waals surface area contributed by atoms with E-state index in [1.54, 1.807) is 11.0 Å². The molecule has 0 aliphatic heterocycles. The van der Waals surface area contributed by atoms with Gasteiger partial charge in [-0.05, 0) is 30.0 Å². The van der Waals surface area contributed by atoms with Gasteiger partial charge in [0.2, 0.25) is 0 Å².